The van der Waals surface area contributed by atoms with Crippen molar-refractivity contribution in [2.45, 2.75) is 20.3 Å². The average Bonchev–Trinajstić information content (AvgIpc) is 3.26. The van der Waals surface area contributed by atoms with Crippen LogP contribution in [-0.4, -0.2) is 38.5 Å². The van der Waals surface area contributed by atoms with Crippen LogP contribution in [0.25, 0.3) is 0 Å². The standard InChI is InChI=1S/C20H23N3O6/c1-11-7-15(12(2)29-11)20(26)22-21-19(25)13-8-18(24)23(10-13)14-5-6-16(27-3)17(9-14)28-4/h5-7,9,13H,8,10H2,1-4H3,(H,21,25)(H,22,26). The van der Waals surface area contributed by atoms with Gasteiger partial charge in [-0.05, 0) is 32.0 Å². The number of rotatable bonds is 5. The first kappa shape index (κ1) is 20.2. The van der Waals surface area contributed by atoms with Crippen LogP contribution in [0.15, 0.2) is 28.7 Å². The van der Waals surface area contributed by atoms with Crippen LogP contribution in [0, 0.1) is 19.8 Å². The lowest BCUT2D eigenvalue weighted by Gasteiger charge is -2.18. The van der Waals surface area contributed by atoms with Gasteiger partial charge in [-0.1, -0.05) is 0 Å². The maximum absolute atomic E-state index is 12.4. The summed E-state index contributed by atoms with van der Waals surface area (Å²) in [6.07, 6.45) is 0.0416. The van der Waals surface area contributed by atoms with Crippen molar-refractivity contribution in [3.63, 3.8) is 0 Å². The molecule has 1 unspecified atom stereocenters. The summed E-state index contributed by atoms with van der Waals surface area (Å²) in [4.78, 5) is 38.6. The molecule has 0 aliphatic carbocycles. The van der Waals surface area contributed by atoms with Crippen LogP contribution in [0.3, 0.4) is 0 Å². The zero-order valence-electron chi connectivity index (χ0n) is 16.7. The van der Waals surface area contributed by atoms with Crippen LogP contribution in [0.5, 0.6) is 11.5 Å². The third kappa shape index (κ3) is 4.18. The highest BCUT2D eigenvalue weighted by Crippen LogP contribution is 2.34. The van der Waals surface area contributed by atoms with Gasteiger partial charge in [-0.3, -0.25) is 25.2 Å². The van der Waals surface area contributed by atoms with Gasteiger partial charge in [-0.25, -0.2) is 0 Å². The summed E-state index contributed by atoms with van der Waals surface area (Å²) in [6, 6.07) is 6.70. The van der Waals surface area contributed by atoms with Crippen LogP contribution in [0.4, 0.5) is 5.69 Å². The van der Waals surface area contributed by atoms with E-state index >= 15 is 0 Å². The highest BCUT2D eigenvalue weighted by molar-refractivity contribution is 6.01. The molecule has 1 aromatic carbocycles. The summed E-state index contributed by atoms with van der Waals surface area (Å²) < 4.78 is 15.8. The van der Waals surface area contributed by atoms with Crippen LogP contribution < -0.4 is 25.2 Å². The molecule has 0 saturated carbocycles. The van der Waals surface area contributed by atoms with Gasteiger partial charge < -0.3 is 18.8 Å². The van der Waals surface area contributed by atoms with Crippen molar-refractivity contribution < 1.29 is 28.3 Å². The summed E-state index contributed by atoms with van der Waals surface area (Å²) in [5.41, 5.74) is 5.71. The Kier molecular flexibility index (Phi) is 5.76. The molecule has 9 heteroatoms. The van der Waals surface area contributed by atoms with Gasteiger partial charge >= 0.3 is 0 Å². The Morgan fingerprint density at radius 3 is 2.45 bits per heavy atom. The minimum absolute atomic E-state index is 0.0416. The number of nitrogens with one attached hydrogen (secondary N) is 2. The van der Waals surface area contributed by atoms with Crippen LogP contribution in [-0.2, 0) is 9.59 Å². The number of hydrogen-bond acceptors (Lipinski definition) is 6. The van der Waals surface area contributed by atoms with Gasteiger partial charge in [0.2, 0.25) is 11.8 Å². The lowest BCUT2D eigenvalue weighted by atomic mass is 10.1. The zero-order chi connectivity index (χ0) is 21.1. The molecule has 0 radical (unpaired) electrons. The van der Waals surface area contributed by atoms with E-state index in [1.165, 1.54) is 19.1 Å². The van der Waals surface area contributed by atoms with Gasteiger partial charge in [0.25, 0.3) is 5.91 Å². The fraction of sp³-hybridized carbons (Fsp3) is 0.350. The Hall–Kier alpha value is -3.49. The molecule has 154 valence electrons. The van der Waals surface area contributed by atoms with E-state index < -0.39 is 17.7 Å². The van der Waals surface area contributed by atoms with E-state index in [0.717, 1.165) is 0 Å². The quantitative estimate of drug-likeness (QED) is 0.739. The number of ether oxygens (including phenoxy) is 2. The number of hydrogen-bond donors (Lipinski definition) is 2. The number of anilines is 1. The van der Waals surface area contributed by atoms with Crippen LogP contribution in [0.2, 0.25) is 0 Å². The second-order valence-corrected chi connectivity index (χ2v) is 6.71. The maximum atomic E-state index is 12.4. The van der Waals surface area contributed by atoms with Crippen molar-refractivity contribution in [3.8, 4) is 11.5 Å². The van der Waals surface area contributed by atoms with E-state index in [1.807, 2.05) is 0 Å². The van der Waals surface area contributed by atoms with E-state index in [1.54, 1.807) is 38.1 Å². The summed E-state index contributed by atoms with van der Waals surface area (Å²) in [5, 5.41) is 0. The molecule has 29 heavy (non-hydrogen) atoms. The second kappa shape index (κ2) is 8.26. The number of carbonyl (C=O) groups is 3. The molecule has 0 spiro atoms. The van der Waals surface area contributed by atoms with E-state index in [0.29, 0.717) is 34.3 Å². The maximum Gasteiger partial charge on any atom is 0.273 e. The summed E-state index contributed by atoms with van der Waals surface area (Å²) >= 11 is 0. The van der Waals surface area contributed by atoms with E-state index in [9.17, 15) is 14.4 Å². The Morgan fingerprint density at radius 2 is 1.83 bits per heavy atom. The number of aryl methyl sites for hydroxylation is 2. The molecule has 1 aliphatic heterocycles. The lowest BCUT2D eigenvalue weighted by molar-refractivity contribution is -0.126. The number of hydrazine groups is 1. The second-order valence-electron chi connectivity index (χ2n) is 6.71. The van der Waals surface area contributed by atoms with E-state index in [2.05, 4.69) is 10.9 Å². The minimum atomic E-state index is -0.594. The van der Waals surface area contributed by atoms with Gasteiger partial charge in [0.1, 0.15) is 11.5 Å². The normalized spacial score (nSPS) is 15.9. The Labute approximate surface area is 167 Å². The summed E-state index contributed by atoms with van der Waals surface area (Å²) in [6.45, 7) is 3.59. The third-order valence-corrected chi connectivity index (χ3v) is 4.76. The van der Waals surface area contributed by atoms with E-state index in [4.69, 9.17) is 13.9 Å². The number of nitrogens with zero attached hydrogens (tertiary/aromatic N) is 1. The molecule has 2 heterocycles. The highest BCUT2D eigenvalue weighted by Gasteiger charge is 2.35. The molecule has 9 nitrogen and oxygen atoms in total. The molecule has 1 atom stereocenters. The Bertz CT molecular complexity index is 952. The molecule has 2 aromatic rings. The molecular weight excluding hydrogens is 378 g/mol. The number of methoxy groups -OCH3 is 2. The van der Waals surface area contributed by atoms with Gasteiger partial charge in [-0.15, -0.1) is 0 Å². The molecule has 0 bridgehead atoms. The fourth-order valence-corrected chi connectivity index (χ4v) is 3.27. The monoisotopic (exact) mass is 401 g/mol. The molecule has 3 rings (SSSR count). The van der Waals surface area contributed by atoms with Crippen molar-refractivity contribution >= 4 is 23.4 Å². The van der Waals surface area contributed by atoms with Gasteiger partial charge in [0.05, 0.1) is 25.7 Å². The molecule has 1 saturated heterocycles. The largest absolute Gasteiger partial charge is 0.493 e. The Balaban J connectivity index is 1.63. The van der Waals surface area contributed by atoms with Crippen molar-refractivity contribution in [1.82, 2.24) is 10.9 Å². The average molecular weight is 401 g/mol. The van der Waals surface area contributed by atoms with Crippen LogP contribution >= 0.6 is 0 Å². The Morgan fingerprint density at radius 1 is 1.10 bits per heavy atom. The predicted octanol–water partition coefficient (Wildman–Crippen LogP) is 1.73. The first-order chi connectivity index (χ1) is 13.8. The van der Waals surface area contributed by atoms with Gasteiger partial charge in [0, 0.05) is 24.7 Å². The fourth-order valence-electron chi connectivity index (χ4n) is 3.27. The third-order valence-electron chi connectivity index (χ3n) is 4.76. The molecule has 2 N–H and O–H groups in total. The lowest BCUT2D eigenvalue weighted by Crippen LogP contribution is -2.45. The highest BCUT2D eigenvalue weighted by atomic mass is 16.5. The van der Waals surface area contributed by atoms with Gasteiger partial charge in [0.15, 0.2) is 11.5 Å². The molecular formula is C20H23N3O6. The summed E-state index contributed by atoms with van der Waals surface area (Å²) in [5.74, 6) is 0.402. The number of benzene rings is 1. The topological polar surface area (TPSA) is 110 Å². The predicted molar refractivity (Wildman–Crippen MR) is 104 cm³/mol. The summed E-state index contributed by atoms with van der Waals surface area (Å²) in [7, 11) is 3.04. The number of amides is 3. The van der Waals surface area contributed by atoms with Crippen molar-refractivity contribution in [1.29, 1.82) is 0 Å². The van der Waals surface area contributed by atoms with E-state index in [-0.39, 0.29) is 18.9 Å². The number of carbonyl (C=O) groups excluding carboxylic acids is 3. The molecule has 1 aromatic heterocycles. The molecule has 3 amide bonds. The van der Waals surface area contributed by atoms with Crippen molar-refractivity contribution in [2.75, 3.05) is 25.7 Å². The molecule has 1 fully saturated rings. The van der Waals surface area contributed by atoms with Crippen molar-refractivity contribution in [2.24, 2.45) is 5.92 Å². The SMILES string of the molecule is COc1ccc(N2CC(C(=O)NNC(=O)c3cc(C)oc3C)CC2=O)cc1OC. The van der Waals surface area contributed by atoms with Crippen molar-refractivity contribution in [3.05, 3.63) is 41.3 Å². The van der Waals surface area contributed by atoms with Gasteiger partial charge in [-0.2, -0.15) is 0 Å². The first-order valence-electron chi connectivity index (χ1n) is 9.03. The smallest absolute Gasteiger partial charge is 0.273 e. The van der Waals surface area contributed by atoms with Crippen LogP contribution in [0.1, 0.15) is 28.3 Å². The minimum Gasteiger partial charge on any atom is -0.493 e. The molecule has 1 aliphatic rings. The first-order valence-corrected chi connectivity index (χ1v) is 9.03. The zero-order valence-corrected chi connectivity index (χ0v) is 16.7. The number of furan rings is 1.